The van der Waals surface area contributed by atoms with E-state index in [1.165, 1.54) is 26.5 Å². The summed E-state index contributed by atoms with van der Waals surface area (Å²) in [5, 5.41) is 6.42. The van der Waals surface area contributed by atoms with Gasteiger partial charge in [0.05, 0.1) is 33.1 Å². The summed E-state index contributed by atoms with van der Waals surface area (Å²) in [5.74, 6) is 0.794. The molecule has 2 aromatic rings. The number of carbonyl (C=O) groups excluding carboxylic acids is 2. The maximum absolute atomic E-state index is 12.2. The standard InChI is InChI=1S/C21H25N3O5/c1-14(2)29-17-7-5-6-15(10-17)12-23-24-20(25)13-22-21(26)16-8-9-18(27-3)19(11-16)28-4/h5-12,14H,13H2,1-4H3,(H,22,26)(H,24,25)/b23-12-. The van der Waals surface area contributed by atoms with E-state index in [0.717, 1.165) is 11.3 Å². The Bertz CT molecular complexity index is 880. The first-order valence-corrected chi connectivity index (χ1v) is 9.01. The van der Waals surface area contributed by atoms with Gasteiger partial charge >= 0.3 is 0 Å². The average Bonchev–Trinajstić information content (AvgIpc) is 2.71. The van der Waals surface area contributed by atoms with E-state index in [1.54, 1.807) is 12.1 Å². The van der Waals surface area contributed by atoms with Crippen LogP contribution in [0.25, 0.3) is 0 Å². The molecule has 0 aliphatic carbocycles. The molecule has 8 heteroatoms. The summed E-state index contributed by atoms with van der Waals surface area (Å²) in [4.78, 5) is 24.1. The van der Waals surface area contributed by atoms with Gasteiger partial charge < -0.3 is 19.5 Å². The van der Waals surface area contributed by atoms with Gasteiger partial charge in [0, 0.05) is 5.56 Å². The molecule has 8 nitrogen and oxygen atoms in total. The molecule has 0 radical (unpaired) electrons. The van der Waals surface area contributed by atoms with Gasteiger partial charge in [0.15, 0.2) is 11.5 Å². The predicted molar refractivity (Wildman–Crippen MR) is 110 cm³/mol. The highest BCUT2D eigenvalue weighted by molar-refractivity contribution is 5.97. The lowest BCUT2D eigenvalue weighted by Crippen LogP contribution is -2.34. The lowest BCUT2D eigenvalue weighted by atomic mass is 10.2. The van der Waals surface area contributed by atoms with Crippen LogP contribution in [0, 0.1) is 0 Å². The van der Waals surface area contributed by atoms with E-state index in [0.29, 0.717) is 17.1 Å². The number of ether oxygens (including phenoxy) is 3. The molecule has 0 saturated carbocycles. The van der Waals surface area contributed by atoms with Crippen molar-refractivity contribution in [2.75, 3.05) is 20.8 Å². The molecule has 0 aromatic heterocycles. The Hall–Kier alpha value is -3.55. The van der Waals surface area contributed by atoms with E-state index in [1.807, 2.05) is 38.1 Å². The lowest BCUT2D eigenvalue weighted by Gasteiger charge is -2.10. The summed E-state index contributed by atoms with van der Waals surface area (Å²) in [7, 11) is 2.99. The molecular weight excluding hydrogens is 374 g/mol. The summed E-state index contributed by atoms with van der Waals surface area (Å²) in [6.07, 6.45) is 1.57. The van der Waals surface area contributed by atoms with Gasteiger partial charge in [-0.25, -0.2) is 5.43 Å². The van der Waals surface area contributed by atoms with Crippen molar-refractivity contribution in [1.29, 1.82) is 0 Å². The van der Waals surface area contributed by atoms with Gasteiger partial charge in [0.25, 0.3) is 11.8 Å². The second-order valence-corrected chi connectivity index (χ2v) is 6.28. The monoisotopic (exact) mass is 399 g/mol. The molecule has 0 fully saturated rings. The number of methoxy groups -OCH3 is 2. The van der Waals surface area contributed by atoms with Crippen molar-refractivity contribution < 1.29 is 23.8 Å². The van der Waals surface area contributed by atoms with Crippen LogP contribution in [-0.2, 0) is 4.79 Å². The quantitative estimate of drug-likeness (QED) is 0.498. The fourth-order valence-electron chi connectivity index (χ4n) is 2.40. The first-order chi connectivity index (χ1) is 13.9. The van der Waals surface area contributed by atoms with E-state index in [-0.39, 0.29) is 12.6 Å². The van der Waals surface area contributed by atoms with Gasteiger partial charge in [-0.05, 0) is 49.7 Å². The number of benzene rings is 2. The average molecular weight is 399 g/mol. The van der Waals surface area contributed by atoms with Crippen LogP contribution >= 0.6 is 0 Å². The zero-order valence-electron chi connectivity index (χ0n) is 16.9. The van der Waals surface area contributed by atoms with Gasteiger partial charge in [-0.3, -0.25) is 9.59 Å². The van der Waals surface area contributed by atoms with Crippen LogP contribution in [0.5, 0.6) is 17.2 Å². The Kier molecular flexibility index (Phi) is 8.02. The molecule has 2 aromatic carbocycles. The van der Waals surface area contributed by atoms with Crippen LogP contribution in [0.4, 0.5) is 0 Å². The molecule has 0 unspecified atom stereocenters. The first kappa shape index (κ1) is 21.7. The number of hydrazone groups is 1. The van der Waals surface area contributed by atoms with Gasteiger partial charge in [-0.15, -0.1) is 0 Å². The van der Waals surface area contributed by atoms with Crippen molar-refractivity contribution in [2.24, 2.45) is 5.10 Å². The Morgan fingerprint density at radius 2 is 1.83 bits per heavy atom. The fraction of sp³-hybridized carbons (Fsp3) is 0.286. The van der Waals surface area contributed by atoms with Crippen LogP contribution in [0.15, 0.2) is 47.6 Å². The third-order valence-corrected chi connectivity index (χ3v) is 3.69. The Morgan fingerprint density at radius 3 is 2.52 bits per heavy atom. The summed E-state index contributed by atoms with van der Waals surface area (Å²) < 4.78 is 15.9. The SMILES string of the molecule is COc1ccc(C(=O)NCC(=O)N/N=C\c2cccc(OC(C)C)c2)cc1OC. The van der Waals surface area contributed by atoms with Crippen molar-refractivity contribution in [3.8, 4) is 17.2 Å². The van der Waals surface area contributed by atoms with E-state index in [9.17, 15) is 9.59 Å². The highest BCUT2D eigenvalue weighted by Crippen LogP contribution is 2.27. The third kappa shape index (κ3) is 6.84. The minimum Gasteiger partial charge on any atom is -0.493 e. The molecule has 0 heterocycles. The van der Waals surface area contributed by atoms with Crippen molar-refractivity contribution in [2.45, 2.75) is 20.0 Å². The number of nitrogens with zero attached hydrogens (tertiary/aromatic N) is 1. The number of amides is 2. The topological polar surface area (TPSA) is 98.2 Å². The number of hydrogen-bond donors (Lipinski definition) is 2. The number of nitrogens with one attached hydrogen (secondary N) is 2. The number of hydrogen-bond acceptors (Lipinski definition) is 6. The summed E-state index contributed by atoms with van der Waals surface area (Å²) >= 11 is 0. The second-order valence-electron chi connectivity index (χ2n) is 6.28. The van der Waals surface area contributed by atoms with E-state index < -0.39 is 11.8 Å². The van der Waals surface area contributed by atoms with Gasteiger partial charge in [0.2, 0.25) is 0 Å². The maximum atomic E-state index is 12.2. The van der Waals surface area contributed by atoms with E-state index in [2.05, 4.69) is 15.8 Å². The van der Waals surface area contributed by atoms with Crippen LogP contribution in [0.2, 0.25) is 0 Å². The number of rotatable bonds is 9. The summed E-state index contributed by atoms with van der Waals surface area (Å²) in [5.41, 5.74) is 3.49. The Balaban J connectivity index is 1.85. The molecule has 0 saturated heterocycles. The smallest absolute Gasteiger partial charge is 0.259 e. The molecule has 154 valence electrons. The van der Waals surface area contributed by atoms with Gasteiger partial charge in [-0.2, -0.15) is 5.10 Å². The van der Waals surface area contributed by atoms with E-state index >= 15 is 0 Å². The van der Waals surface area contributed by atoms with Crippen LogP contribution < -0.4 is 25.0 Å². The zero-order chi connectivity index (χ0) is 21.2. The maximum Gasteiger partial charge on any atom is 0.259 e. The van der Waals surface area contributed by atoms with Gasteiger partial charge in [0.1, 0.15) is 5.75 Å². The third-order valence-electron chi connectivity index (χ3n) is 3.69. The minimum absolute atomic E-state index is 0.0659. The van der Waals surface area contributed by atoms with Crippen molar-refractivity contribution in [3.05, 3.63) is 53.6 Å². The number of carbonyl (C=O) groups is 2. The van der Waals surface area contributed by atoms with Crippen molar-refractivity contribution >= 4 is 18.0 Å². The molecule has 2 amide bonds. The molecule has 29 heavy (non-hydrogen) atoms. The van der Waals surface area contributed by atoms with Crippen molar-refractivity contribution in [3.63, 3.8) is 0 Å². The fourth-order valence-corrected chi connectivity index (χ4v) is 2.40. The molecule has 0 spiro atoms. The second kappa shape index (κ2) is 10.7. The van der Waals surface area contributed by atoms with Crippen LogP contribution in [0.3, 0.4) is 0 Å². The zero-order valence-corrected chi connectivity index (χ0v) is 16.9. The molecule has 2 N–H and O–H groups in total. The normalized spacial score (nSPS) is 10.7. The molecule has 0 atom stereocenters. The first-order valence-electron chi connectivity index (χ1n) is 9.01. The van der Waals surface area contributed by atoms with Crippen LogP contribution in [-0.4, -0.2) is 44.9 Å². The highest BCUT2D eigenvalue weighted by atomic mass is 16.5. The van der Waals surface area contributed by atoms with Gasteiger partial charge in [-0.1, -0.05) is 12.1 Å². The molecule has 0 aliphatic rings. The Morgan fingerprint density at radius 1 is 1.07 bits per heavy atom. The molecule has 0 aliphatic heterocycles. The highest BCUT2D eigenvalue weighted by Gasteiger charge is 2.11. The summed E-state index contributed by atoms with van der Waals surface area (Å²) in [6.45, 7) is 3.66. The predicted octanol–water partition coefficient (Wildman–Crippen LogP) is 2.37. The Labute approximate surface area is 169 Å². The minimum atomic E-state index is -0.454. The largest absolute Gasteiger partial charge is 0.493 e. The van der Waals surface area contributed by atoms with Crippen molar-refractivity contribution in [1.82, 2.24) is 10.7 Å². The molecule has 0 bridgehead atoms. The van der Waals surface area contributed by atoms with Crippen LogP contribution in [0.1, 0.15) is 29.8 Å². The summed E-state index contributed by atoms with van der Waals surface area (Å²) in [6, 6.07) is 12.1. The molecule has 2 rings (SSSR count). The molecular formula is C21H25N3O5. The van der Waals surface area contributed by atoms with E-state index in [4.69, 9.17) is 14.2 Å². The lowest BCUT2D eigenvalue weighted by molar-refractivity contribution is -0.120.